The molecule has 31 heavy (non-hydrogen) atoms. The summed E-state index contributed by atoms with van der Waals surface area (Å²) < 4.78 is 14.3. The molecule has 1 saturated heterocycles. The third-order valence-corrected chi connectivity index (χ3v) is 12.0. The maximum absolute atomic E-state index is 13.7. The van der Waals surface area contributed by atoms with Crippen molar-refractivity contribution >= 4 is 20.1 Å². The normalized spacial score (nSPS) is 19.6. The minimum atomic E-state index is -2.88. The molecule has 2 aromatic carbocycles. The summed E-state index contributed by atoms with van der Waals surface area (Å²) in [6.07, 6.45) is 1.88. The van der Waals surface area contributed by atoms with Crippen molar-refractivity contribution in [1.29, 1.82) is 0 Å². The smallest absolute Gasteiger partial charge is 0.375 e. The Morgan fingerprint density at radius 2 is 1.55 bits per heavy atom. The average molecular weight is 438 g/mol. The van der Waals surface area contributed by atoms with Gasteiger partial charge in [0.05, 0.1) is 7.11 Å². The lowest BCUT2D eigenvalue weighted by Crippen LogP contribution is -2.65. The van der Waals surface area contributed by atoms with E-state index in [1.807, 2.05) is 48.5 Å². The van der Waals surface area contributed by atoms with Crippen molar-refractivity contribution in [2.75, 3.05) is 11.7 Å². The minimum absolute atomic E-state index is 0.166. The molecule has 1 fully saturated rings. The molecular formula is C26H35NO3Si. The number of carbonyl (C=O) groups excluding carboxylic acids is 1. The van der Waals surface area contributed by atoms with Crippen LogP contribution >= 0.6 is 0 Å². The summed E-state index contributed by atoms with van der Waals surface area (Å²) in [7, 11) is -1.22. The molecule has 166 valence electrons. The zero-order valence-corrected chi connectivity index (χ0v) is 20.8. The van der Waals surface area contributed by atoms with Crippen LogP contribution in [0.1, 0.15) is 53.0 Å². The van der Waals surface area contributed by atoms with Gasteiger partial charge in [-0.25, -0.2) is 0 Å². The van der Waals surface area contributed by atoms with Gasteiger partial charge < -0.3 is 13.7 Å². The van der Waals surface area contributed by atoms with Crippen LogP contribution in [0, 0.1) is 0 Å². The van der Waals surface area contributed by atoms with Gasteiger partial charge in [0.25, 0.3) is 0 Å². The van der Waals surface area contributed by atoms with Crippen molar-refractivity contribution in [2.24, 2.45) is 0 Å². The standard InChI is InChI=1S/C26H35NO3Si/c1-9-22(19-13-11-10-12-14-19)23-24(28)30-31(25(2,3)4,26(5,6)7)27(23)20-15-17-21(29-8)18-16-20/h9-18,22-23H,1H2,2-8H3/t22-,23+/m0/s1. The van der Waals surface area contributed by atoms with Crippen LogP contribution in [0.4, 0.5) is 5.69 Å². The Morgan fingerprint density at radius 1 is 1.00 bits per heavy atom. The van der Waals surface area contributed by atoms with Crippen molar-refractivity contribution in [2.45, 2.75) is 63.6 Å². The molecule has 0 unspecified atom stereocenters. The van der Waals surface area contributed by atoms with Gasteiger partial charge in [0.1, 0.15) is 11.8 Å². The first-order valence-electron chi connectivity index (χ1n) is 10.8. The summed E-state index contributed by atoms with van der Waals surface area (Å²) in [6, 6.07) is 17.6. The third kappa shape index (κ3) is 3.80. The van der Waals surface area contributed by atoms with Gasteiger partial charge in [0.15, 0.2) is 0 Å². The van der Waals surface area contributed by atoms with Crippen LogP contribution in [0.15, 0.2) is 67.3 Å². The maximum Gasteiger partial charge on any atom is 0.375 e. The fourth-order valence-corrected chi connectivity index (χ4v) is 11.2. The van der Waals surface area contributed by atoms with E-state index in [0.29, 0.717) is 0 Å². The molecular weight excluding hydrogens is 402 g/mol. The van der Waals surface area contributed by atoms with Crippen molar-refractivity contribution in [1.82, 2.24) is 0 Å². The fourth-order valence-electron chi connectivity index (χ4n) is 5.23. The number of ether oxygens (including phenoxy) is 1. The van der Waals surface area contributed by atoms with E-state index in [1.54, 1.807) is 7.11 Å². The number of benzene rings is 2. The molecule has 0 radical (unpaired) electrons. The Balaban J connectivity index is 2.28. The van der Waals surface area contributed by atoms with Crippen LogP contribution in [0.2, 0.25) is 10.1 Å². The van der Waals surface area contributed by atoms with Crippen molar-refractivity contribution in [3.05, 3.63) is 72.8 Å². The first-order chi connectivity index (χ1) is 14.5. The largest absolute Gasteiger partial charge is 0.497 e. The molecule has 1 aliphatic heterocycles. The van der Waals surface area contributed by atoms with Gasteiger partial charge >= 0.3 is 14.4 Å². The van der Waals surface area contributed by atoms with Crippen molar-refractivity contribution < 1.29 is 14.0 Å². The zero-order valence-electron chi connectivity index (χ0n) is 19.8. The Bertz CT molecular complexity index is 912. The Kier molecular flexibility index (Phi) is 6.11. The molecule has 0 aliphatic carbocycles. The Hall–Kier alpha value is -2.53. The van der Waals surface area contributed by atoms with Gasteiger partial charge in [-0.2, -0.15) is 0 Å². The predicted octanol–water partition coefficient (Wildman–Crippen LogP) is 6.44. The molecule has 0 saturated carbocycles. The van der Waals surface area contributed by atoms with E-state index in [-0.39, 0.29) is 22.0 Å². The monoisotopic (exact) mass is 437 g/mol. The summed E-state index contributed by atoms with van der Waals surface area (Å²) in [5.41, 5.74) is 2.04. The van der Waals surface area contributed by atoms with Gasteiger partial charge in [-0.15, -0.1) is 6.58 Å². The lowest BCUT2D eigenvalue weighted by Gasteiger charge is -2.52. The molecule has 2 atom stereocenters. The zero-order chi connectivity index (χ0) is 23.0. The molecule has 1 heterocycles. The van der Waals surface area contributed by atoms with Gasteiger partial charge in [-0.3, -0.25) is 4.79 Å². The molecule has 0 spiro atoms. The van der Waals surface area contributed by atoms with Crippen LogP contribution in [0.5, 0.6) is 5.75 Å². The van der Waals surface area contributed by atoms with E-state index in [4.69, 9.17) is 9.16 Å². The van der Waals surface area contributed by atoms with Gasteiger partial charge in [0, 0.05) is 21.7 Å². The average Bonchev–Trinajstić information content (AvgIpc) is 3.04. The quantitative estimate of drug-likeness (QED) is 0.398. The number of nitrogens with zero attached hydrogens (tertiary/aromatic N) is 1. The Labute approximate surface area is 188 Å². The molecule has 4 nitrogen and oxygen atoms in total. The first-order valence-corrected chi connectivity index (χ1v) is 12.7. The number of methoxy groups -OCH3 is 1. The van der Waals surface area contributed by atoms with Gasteiger partial charge in [-0.1, -0.05) is 78.0 Å². The lowest BCUT2D eigenvalue weighted by molar-refractivity contribution is -0.134. The number of hydrogen-bond acceptors (Lipinski definition) is 4. The van der Waals surface area contributed by atoms with Crippen LogP contribution in [0.25, 0.3) is 0 Å². The molecule has 0 N–H and O–H groups in total. The SMILES string of the molecule is C=C[C@@H](c1ccccc1)[C@@H]1C(=O)O[Si](C(C)(C)C)(C(C)(C)C)N1c1ccc(OC)cc1. The Morgan fingerprint density at radius 3 is 2.00 bits per heavy atom. The van der Waals surface area contributed by atoms with E-state index in [1.165, 1.54) is 0 Å². The summed E-state index contributed by atoms with van der Waals surface area (Å²) in [5.74, 6) is 0.435. The summed E-state index contributed by atoms with van der Waals surface area (Å²) in [6.45, 7) is 17.3. The van der Waals surface area contributed by atoms with Crippen molar-refractivity contribution in [3.8, 4) is 5.75 Å². The van der Waals surface area contributed by atoms with E-state index in [0.717, 1.165) is 17.0 Å². The van der Waals surface area contributed by atoms with Crippen LogP contribution in [0.3, 0.4) is 0 Å². The second-order valence-corrected chi connectivity index (χ2v) is 15.2. The molecule has 1 aliphatic rings. The highest BCUT2D eigenvalue weighted by Crippen LogP contribution is 2.58. The number of rotatable bonds is 5. The number of hydrogen-bond donors (Lipinski definition) is 0. The molecule has 0 amide bonds. The van der Waals surface area contributed by atoms with E-state index in [9.17, 15) is 4.79 Å². The van der Waals surface area contributed by atoms with Crippen LogP contribution in [-0.4, -0.2) is 27.6 Å². The molecule has 5 heteroatoms. The molecule has 3 rings (SSSR count). The first kappa shape index (κ1) is 23.1. The van der Waals surface area contributed by atoms with Crippen LogP contribution < -0.4 is 9.30 Å². The molecule has 0 bridgehead atoms. The summed E-state index contributed by atoms with van der Waals surface area (Å²) in [5, 5.41) is -0.448. The van der Waals surface area contributed by atoms with E-state index in [2.05, 4.69) is 64.8 Å². The summed E-state index contributed by atoms with van der Waals surface area (Å²) in [4.78, 5) is 13.7. The molecule has 0 aromatic heterocycles. The third-order valence-electron chi connectivity index (χ3n) is 6.27. The highest BCUT2D eigenvalue weighted by Gasteiger charge is 2.70. The van der Waals surface area contributed by atoms with E-state index >= 15 is 0 Å². The maximum atomic E-state index is 13.7. The van der Waals surface area contributed by atoms with Gasteiger partial charge in [0.2, 0.25) is 0 Å². The fraction of sp³-hybridized carbons (Fsp3) is 0.423. The minimum Gasteiger partial charge on any atom is -0.497 e. The molecule has 2 aromatic rings. The highest BCUT2D eigenvalue weighted by atomic mass is 28.4. The highest BCUT2D eigenvalue weighted by molar-refractivity contribution is 6.85. The topological polar surface area (TPSA) is 38.8 Å². The van der Waals surface area contributed by atoms with Gasteiger partial charge in [-0.05, 0) is 29.8 Å². The lowest BCUT2D eigenvalue weighted by atomic mass is 9.91. The summed E-state index contributed by atoms with van der Waals surface area (Å²) >= 11 is 0. The predicted molar refractivity (Wildman–Crippen MR) is 130 cm³/mol. The second kappa shape index (κ2) is 8.19. The van der Waals surface area contributed by atoms with Crippen LogP contribution in [-0.2, 0) is 9.22 Å². The number of carbonyl (C=O) groups is 1. The van der Waals surface area contributed by atoms with Crippen molar-refractivity contribution in [3.63, 3.8) is 0 Å². The second-order valence-electron chi connectivity index (χ2n) is 10.3. The van der Waals surface area contributed by atoms with E-state index < -0.39 is 14.5 Å². The number of anilines is 1.